The molecule has 104 valence electrons. The first-order valence-corrected chi connectivity index (χ1v) is 6.92. The van der Waals surface area contributed by atoms with Gasteiger partial charge in [-0.05, 0) is 39.2 Å². The van der Waals surface area contributed by atoms with Gasteiger partial charge in [-0.2, -0.15) is 0 Å². The van der Waals surface area contributed by atoms with Crippen LogP contribution >= 0.6 is 0 Å². The third-order valence-electron chi connectivity index (χ3n) is 3.90. The second-order valence-electron chi connectivity index (χ2n) is 5.89. The van der Waals surface area contributed by atoms with Crippen LogP contribution < -0.4 is 5.32 Å². The minimum Gasteiger partial charge on any atom is -0.479 e. The van der Waals surface area contributed by atoms with E-state index in [0.717, 1.165) is 32.4 Å². The van der Waals surface area contributed by atoms with Crippen molar-refractivity contribution >= 4 is 5.97 Å². The molecule has 0 bridgehead atoms. The van der Waals surface area contributed by atoms with Gasteiger partial charge in [-0.15, -0.1) is 0 Å². The summed E-state index contributed by atoms with van der Waals surface area (Å²) in [5.41, 5.74) is -1.64. The van der Waals surface area contributed by atoms with Crippen LogP contribution in [0.2, 0.25) is 0 Å². The summed E-state index contributed by atoms with van der Waals surface area (Å²) >= 11 is 0. The van der Waals surface area contributed by atoms with Crippen molar-refractivity contribution in [3.05, 3.63) is 0 Å². The van der Waals surface area contributed by atoms with Crippen LogP contribution in [-0.4, -0.2) is 58.4 Å². The molecule has 5 nitrogen and oxygen atoms in total. The predicted octanol–water partition coefficient (Wildman–Crippen LogP) is 0.429. The van der Waals surface area contributed by atoms with Crippen LogP contribution in [0.15, 0.2) is 0 Å². The standard InChI is InChI=1S/C13H24N2O3/c1-13(18,12(16)17)9-15(11-5-6-11)8-10-4-2-3-7-14-10/h10-11,14,18H,2-9H2,1H3,(H,16,17). The molecule has 2 fully saturated rings. The summed E-state index contributed by atoms with van der Waals surface area (Å²) < 4.78 is 0. The van der Waals surface area contributed by atoms with Crippen molar-refractivity contribution in [2.24, 2.45) is 0 Å². The summed E-state index contributed by atoms with van der Waals surface area (Å²) in [6.07, 6.45) is 5.88. The molecule has 1 saturated carbocycles. The maximum atomic E-state index is 11.0. The van der Waals surface area contributed by atoms with Gasteiger partial charge >= 0.3 is 5.97 Å². The third kappa shape index (κ3) is 3.67. The molecule has 1 aliphatic heterocycles. The van der Waals surface area contributed by atoms with Gasteiger partial charge in [-0.25, -0.2) is 4.79 Å². The largest absolute Gasteiger partial charge is 0.479 e. The van der Waals surface area contributed by atoms with E-state index in [9.17, 15) is 9.90 Å². The van der Waals surface area contributed by atoms with Crippen LogP contribution in [0.1, 0.15) is 39.0 Å². The molecule has 2 aliphatic rings. The number of carbonyl (C=O) groups is 1. The van der Waals surface area contributed by atoms with E-state index in [-0.39, 0.29) is 6.54 Å². The third-order valence-corrected chi connectivity index (χ3v) is 3.90. The van der Waals surface area contributed by atoms with Gasteiger partial charge in [0.05, 0.1) is 0 Å². The molecule has 1 saturated heterocycles. The maximum absolute atomic E-state index is 11.0. The van der Waals surface area contributed by atoms with E-state index in [4.69, 9.17) is 5.11 Å². The van der Waals surface area contributed by atoms with Gasteiger partial charge in [0, 0.05) is 25.2 Å². The molecule has 5 heteroatoms. The summed E-state index contributed by atoms with van der Waals surface area (Å²) in [7, 11) is 0. The van der Waals surface area contributed by atoms with Gasteiger partial charge in [0.1, 0.15) is 0 Å². The van der Waals surface area contributed by atoms with E-state index in [1.54, 1.807) is 0 Å². The second-order valence-corrected chi connectivity index (χ2v) is 5.89. The molecular weight excluding hydrogens is 232 g/mol. The highest BCUT2D eigenvalue weighted by Gasteiger charge is 2.38. The van der Waals surface area contributed by atoms with Crippen LogP contribution in [0.5, 0.6) is 0 Å². The van der Waals surface area contributed by atoms with E-state index in [2.05, 4.69) is 10.2 Å². The van der Waals surface area contributed by atoms with E-state index in [1.165, 1.54) is 19.8 Å². The van der Waals surface area contributed by atoms with Gasteiger partial charge in [0.25, 0.3) is 0 Å². The predicted molar refractivity (Wildman–Crippen MR) is 68.5 cm³/mol. The Morgan fingerprint density at radius 2 is 2.11 bits per heavy atom. The van der Waals surface area contributed by atoms with Gasteiger partial charge in [0.2, 0.25) is 0 Å². The van der Waals surface area contributed by atoms with Crippen LogP contribution in [-0.2, 0) is 4.79 Å². The SMILES string of the molecule is CC(O)(CN(CC1CCCCN1)C1CC1)C(=O)O. The molecule has 2 rings (SSSR count). The smallest absolute Gasteiger partial charge is 0.336 e. The van der Waals surface area contributed by atoms with Gasteiger partial charge < -0.3 is 15.5 Å². The lowest BCUT2D eigenvalue weighted by atomic mass is 10.0. The minimum absolute atomic E-state index is 0.227. The van der Waals surface area contributed by atoms with Gasteiger partial charge in [-0.3, -0.25) is 4.90 Å². The Hall–Kier alpha value is -0.650. The zero-order valence-electron chi connectivity index (χ0n) is 11.1. The number of nitrogens with zero attached hydrogens (tertiary/aromatic N) is 1. The summed E-state index contributed by atoms with van der Waals surface area (Å²) in [6.45, 7) is 3.52. The van der Waals surface area contributed by atoms with Crippen molar-refractivity contribution in [2.45, 2.75) is 56.7 Å². The summed E-state index contributed by atoms with van der Waals surface area (Å²) in [6, 6.07) is 0.920. The molecule has 0 aromatic carbocycles. The van der Waals surface area contributed by atoms with E-state index >= 15 is 0 Å². The van der Waals surface area contributed by atoms with Crippen molar-refractivity contribution in [3.8, 4) is 0 Å². The average Bonchev–Trinajstić information content (AvgIpc) is 3.13. The first-order chi connectivity index (χ1) is 8.49. The van der Waals surface area contributed by atoms with Gasteiger partial charge in [0.15, 0.2) is 5.60 Å². The highest BCUT2D eigenvalue weighted by atomic mass is 16.4. The molecule has 0 amide bonds. The molecule has 1 aliphatic carbocycles. The Bertz CT molecular complexity index is 297. The van der Waals surface area contributed by atoms with Crippen molar-refractivity contribution in [3.63, 3.8) is 0 Å². The number of piperidine rings is 1. The lowest BCUT2D eigenvalue weighted by Crippen LogP contribution is -2.52. The molecule has 18 heavy (non-hydrogen) atoms. The molecule has 3 N–H and O–H groups in total. The quantitative estimate of drug-likeness (QED) is 0.643. The van der Waals surface area contributed by atoms with Crippen LogP contribution in [0, 0.1) is 0 Å². The Morgan fingerprint density at radius 3 is 2.61 bits per heavy atom. The van der Waals surface area contributed by atoms with Crippen molar-refractivity contribution in [2.75, 3.05) is 19.6 Å². The molecule has 0 radical (unpaired) electrons. The first kappa shape index (κ1) is 13.8. The van der Waals surface area contributed by atoms with E-state index in [1.807, 2.05) is 0 Å². The molecular formula is C13H24N2O3. The number of rotatable bonds is 6. The summed E-state index contributed by atoms with van der Waals surface area (Å²) in [5, 5.41) is 22.4. The molecule has 2 atom stereocenters. The number of nitrogens with one attached hydrogen (secondary N) is 1. The first-order valence-electron chi connectivity index (χ1n) is 6.92. The Kier molecular flexibility index (Phi) is 4.25. The minimum atomic E-state index is -1.64. The van der Waals surface area contributed by atoms with Gasteiger partial charge in [-0.1, -0.05) is 6.42 Å². The Balaban J connectivity index is 1.89. The number of aliphatic carboxylic acids is 1. The summed E-state index contributed by atoms with van der Waals surface area (Å²) in [4.78, 5) is 13.1. The monoisotopic (exact) mass is 256 g/mol. The molecule has 1 heterocycles. The molecule has 0 aromatic heterocycles. The maximum Gasteiger partial charge on any atom is 0.336 e. The number of hydrogen-bond donors (Lipinski definition) is 3. The Labute approximate surface area is 108 Å². The topological polar surface area (TPSA) is 72.8 Å². The average molecular weight is 256 g/mol. The highest BCUT2D eigenvalue weighted by molar-refractivity contribution is 5.76. The molecule has 0 spiro atoms. The van der Waals surface area contributed by atoms with Crippen molar-refractivity contribution in [1.29, 1.82) is 0 Å². The lowest BCUT2D eigenvalue weighted by molar-refractivity contribution is -0.158. The highest BCUT2D eigenvalue weighted by Crippen LogP contribution is 2.29. The molecule has 0 aromatic rings. The van der Waals surface area contributed by atoms with Crippen molar-refractivity contribution in [1.82, 2.24) is 10.2 Å². The number of hydrogen-bond acceptors (Lipinski definition) is 4. The van der Waals surface area contributed by atoms with Crippen LogP contribution in [0.3, 0.4) is 0 Å². The fourth-order valence-corrected chi connectivity index (χ4v) is 2.61. The zero-order valence-corrected chi connectivity index (χ0v) is 11.1. The van der Waals surface area contributed by atoms with Crippen molar-refractivity contribution < 1.29 is 15.0 Å². The second kappa shape index (κ2) is 5.55. The molecule has 2 unspecified atom stereocenters. The lowest BCUT2D eigenvalue weighted by Gasteiger charge is -2.33. The number of aliphatic hydroxyl groups is 1. The van der Waals surface area contributed by atoms with E-state index in [0.29, 0.717) is 12.1 Å². The number of carboxylic acid groups (broad SMARTS) is 1. The van der Waals surface area contributed by atoms with Crippen LogP contribution in [0.25, 0.3) is 0 Å². The van der Waals surface area contributed by atoms with E-state index < -0.39 is 11.6 Å². The zero-order chi connectivity index (χ0) is 13.2. The normalized spacial score (nSPS) is 28.1. The fraction of sp³-hybridized carbons (Fsp3) is 0.923. The summed E-state index contributed by atoms with van der Waals surface area (Å²) in [5.74, 6) is -1.13. The van der Waals surface area contributed by atoms with Crippen LogP contribution in [0.4, 0.5) is 0 Å². The Morgan fingerprint density at radius 1 is 1.39 bits per heavy atom. The number of carboxylic acids is 1. The fourth-order valence-electron chi connectivity index (χ4n) is 2.61.